The zero-order valence-corrected chi connectivity index (χ0v) is 15.3. The van der Waals surface area contributed by atoms with Gasteiger partial charge in [0.15, 0.2) is 0 Å². The first-order chi connectivity index (χ1) is 8.12. The first kappa shape index (κ1) is 21.8. The molecule has 2 nitrogen and oxygen atoms in total. The van der Waals surface area contributed by atoms with Gasteiger partial charge in [0.25, 0.3) is 0 Å². The van der Waals surface area contributed by atoms with Gasteiger partial charge in [0.05, 0.1) is 0 Å². The molecule has 0 aromatic rings. The van der Waals surface area contributed by atoms with Gasteiger partial charge in [0.1, 0.15) is 0 Å². The van der Waals surface area contributed by atoms with Crippen LogP contribution in [0.5, 0.6) is 0 Å². The molecule has 1 saturated carbocycles. The van der Waals surface area contributed by atoms with Gasteiger partial charge in [0, 0.05) is 6.54 Å². The van der Waals surface area contributed by atoms with Crippen LogP contribution in [0.25, 0.3) is 0 Å². The summed E-state index contributed by atoms with van der Waals surface area (Å²) in [6.07, 6.45) is 5.48. The summed E-state index contributed by atoms with van der Waals surface area (Å²) in [5.74, 6) is 1.69. The third-order valence-electron chi connectivity index (χ3n) is 3.80. The summed E-state index contributed by atoms with van der Waals surface area (Å²) in [4.78, 5) is 4.38. The van der Waals surface area contributed by atoms with Crippen molar-refractivity contribution < 1.29 is 18.6 Å². The SMILES string of the molecule is [CH2-]C(C)(C)N(C)C.[CH2-]C1CCC(CN(C)C)CC1.[V+2]. The Kier molecular flexibility index (Phi) is 11.8. The van der Waals surface area contributed by atoms with E-state index >= 15 is 0 Å². The topological polar surface area (TPSA) is 6.48 Å². The minimum absolute atomic E-state index is 0. The Morgan fingerprint density at radius 1 is 1.00 bits per heavy atom. The van der Waals surface area contributed by atoms with E-state index in [-0.39, 0.29) is 24.1 Å². The van der Waals surface area contributed by atoms with Gasteiger partial charge < -0.3 is 23.6 Å². The molecule has 1 fully saturated rings. The van der Waals surface area contributed by atoms with E-state index in [1.807, 2.05) is 14.1 Å². The smallest absolute Gasteiger partial charge is 0.340 e. The van der Waals surface area contributed by atoms with Crippen LogP contribution in [-0.2, 0) is 18.6 Å². The average molecular weight is 305 g/mol. The van der Waals surface area contributed by atoms with Crippen LogP contribution in [0.1, 0.15) is 39.5 Å². The second-order valence-corrected chi connectivity index (χ2v) is 6.86. The third-order valence-corrected chi connectivity index (χ3v) is 3.80. The van der Waals surface area contributed by atoms with Crippen molar-refractivity contribution in [3.05, 3.63) is 13.8 Å². The predicted octanol–water partition coefficient (Wildman–Crippen LogP) is 3.35. The molecule has 0 atom stereocenters. The van der Waals surface area contributed by atoms with Crippen LogP contribution < -0.4 is 0 Å². The van der Waals surface area contributed by atoms with Crippen molar-refractivity contribution in [2.45, 2.75) is 45.1 Å². The zero-order valence-electron chi connectivity index (χ0n) is 13.9. The molecule has 0 heterocycles. The van der Waals surface area contributed by atoms with Gasteiger partial charge >= 0.3 is 18.6 Å². The molecule has 0 saturated heterocycles. The maximum absolute atomic E-state index is 4.10. The molecule has 1 radical (unpaired) electrons. The molecule has 0 amide bonds. The van der Waals surface area contributed by atoms with E-state index in [0.717, 1.165) is 11.8 Å². The van der Waals surface area contributed by atoms with Crippen molar-refractivity contribution in [3.8, 4) is 0 Å². The van der Waals surface area contributed by atoms with Crippen molar-refractivity contribution in [1.29, 1.82) is 0 Å². The standard InChI is InChI=1S/C10H20N.C6H14N.V/c1-9-4-6-10(7-5-9)8-11(2)3;1-6(2,3)7(4)5;/h9-10H,1,4-8H2,2-3H3;1H2,2-5H3;/q2*-1;+2. The van der Waals surface area contributed by atoms with Crippen LogP contribution in [-0.4, -0.2) is 50.1 Å². The Balaban J connectivity index is 0. The monoisotopic (exact) mass is 305 g/mol. The second-order valence-electron chi connectivity index (χ2n) is 6.86. The molecular formula is C16H34N2V. The molecule has 0 N–H and O–H groups in total. The third kappa shape index (κ3) is 12.0. The Labute approximate surface area is 134 Å². The largest absolute Gasteiger partial charge is 2.00 e. The molecule has 1 rings (SSSR count). The molecule has 0 aromatic carbocycles. The van der Waals surface area contributed by atoms with E-state index < -0.39 is 0 Å². The first-order valence-corrected chi connectivity index (χ1v) is 7.13. The summed E-state index contributed by atoms with van der Waals surface area (Å²) >= 11 is 0. The van der Waals surface area contributed by atoms with E-state index in [1.165, 1.54) is 32.2 Å². The molecule has 1 aliphatic carbocycles. The maximum Gasteiger partial charge on any atom is 2.00 e. The molecular weight excluding hydrogens is 271 g/mol. The van der Waals surface area contributed by atoms with Crippen LogP contribution >= 0.6 is 0 Å². The Morgan fingerprint density at radius 3 is 1.63 bits per heavy atom. The number of hydrogen-bond donors (Lipinski definition) is 0. The summed E-state index contributed by atoms with van der Waals surface area (Å²) in [7, 11) is 8.37. The normalized spacial score (nSPS) is 23.7. The van der Waals surface area contributed by atoms with Gasteiger partial charge in [-0.25, -0.2) is 0 Å². The molecule has 0 aromatic heterocycles. The Bertz CT molecular complexity index is 201. The number of nitrogens with zero attached hydrogens (tertiary/aromatic N) is 2. The summed E-state index contributed by atoms with van der Waals surface area (Å²) < 4.78 is 0. The molecule has 3 heteroatoms. The van der Waals surface area contributed by atoms with Gasteiger partial charge in [-0.1, -0.05) is 39.5 Å². The van der Waals surface area contributed by atoms with Gasteiger partial charge in [-0.2, -0.15) is 5.92 Å². The van der Waals surface area contributed by atoms with E-state index in [1.54, 1.807) is 0 Å². The zero-order chi connectivity index (χ0) is 14.3. The fourth-order valence-electron chi connectivity index (χ4n) is 1.93. The van der Waals surface area contributed by atoms with Crippen LogP contribution in [0.2, 0.25) is 0 Å². The Hall–Kier alpha value is 0.504. The summed E-state index contributed by atoms with van der Waals surface area (Å²) in [6, 6.07) is 0. The van der Waals surface area contributed by atoms with Crippen molar-refractivity contribution in [1.82, 2.24) is 9.80 Å². The van der Waals surface area contributed by atoms with Gasteiger partial charge in [-0.15, -0.1) is 5.54 Å². The van der Waals surface area contributed by atoms with Gasteiger partial charge in [0.2, 0.25) is 0 Å². The molecule has 0 spiro atoms. The van der Waals surface area contributed by atoms with Crippen LogP contribution in [0.4, 0.5) is 0 Å². The molecule has 0 aliphatic heterocycles. The van der Waals surface area contributed by atoms with Crippen LogP contribution in [0, 0.1) is 25.7 Å². The molecule has 0 unspecified atom stereocenters. The van der Waals surface area contributed by atoms with Crippen molar-refractivity contribution >= 4 is 0 Å². The summed E-state index contributed by atoms with van der Waals surface area (Å²) in [5.41, 5.74) is 0.0833. The van der Waals surface area contributed by atoms with Gasteiger partial charge in [-0.05, 0) is 34.1 Å². The fraction of sp³-hybridized carbons (Fsp3) is 0.875. The average Bonchev–Trinajstić information content (AvgIpc) is 2.20. The van der Waals surface area contributed by atoms with Gasteiger partial charge in [-0.3, -0.25) is 0 Å². The van der Waals surface area contributed by atoms with Crippen molar-refractivity contribution in [2.75, 3.05) is 34.7 Å². The first-order valence-electron chi connectivity index (χ1n) is 7.13. The van der Waals surface area contributed by atoms with E-state index in [4.69, 9.17) is 0 Å². The predicted molar refractivity (Wildman–Crippen MR) is 82.5 cm³/mol. The van der Waals surface area contributed by atoms with Crippen LogP contribution in [0.15, 0.2) is 0 Å². The van der Waals surface area contributed by atoms with E-state index in [2.05, 4.69) is 51.6 Å². The molecule has 1 aliphatic rings. The van der Waals surface area contributed by atoms with E-state index in [9.17, 15) is 0 Å². The molecule has 113 valence electrons. The maximum atomic E-state index is 4.10. The quantitative estimate of drug-likeness (QED) is 0.738. The summed E-state index contributed by atoms with van der Waals surface area (Å²) in [6.45, 7) is 13.4. The number of hydrogen-bond acceptors (Lipinski definition) is 2. The molecule has 0 bridgehead atoms. The minimum atomic E-state index is 0. The van der Waals surface area contributed by atoms with Crippen molar-refractivity contribution in [2.24, 2.45) is 11.8 Å². The molecule has 19 heavy (non-hydrogen) atoms. The van der Waals surface area contributed by atoms with Crippen LogP contribution in [0.3, 0.4) is 0 Å². The fourth-order valence-corrected chi connectivity index (χ4v) is 1.93. The minimum Gasteiger partial charge on any atom is -0.340 e. The second kappa shape index (κ2) is 10.3. The number of rotatable bonds is 3. The van der Waals surface area contributed by atoms with E-state index in [0.29, 0.717) is 0 Å². The Morgan fingerprint density at radius 2 is 1.37 bits per heavy atom. The summed E-state index contributed by atoms with van der Waals surface area (Å²) in [5, 5.41) is 0. The van der Waals surface area contributed by atoms with Crippen molar-refractivity contribution in [3.63, 3.8) is 0 Å².